The maximum atomic E-state index is 4.59. The zero-order valence-electron chi connectivity index (χ0n) is 11.2. The van der Waals surface area contributed by atoms with E-state index >= 15 is 0 Å². The first-order valence-corrected chi connectivity index (χ1v) is 6.67. The van der Waals surface area contributed by atoms with Crippen molar-refractivity contribution >= 4 is 11.6 Å². The molecule has 0 bridgehead atoms. The lowest BCUT2D eigenvalue weighted by Crippen LogP contribution is -2.47. The van der Waals surface area contributed by atoms with Gasteiger partial charge in [-0.3, -0.25) is 0 Å². The van der Waals surface area contributed by atoms with Gasteiger partial charge in [0.25, 0.3) is 0 Å². The fourth-order valence-electron chi connectivity index (χ4n) is 2.41. The molecule has 3 rings (SSSR count). The molecule has 0 aromatic carbocycles. The molecule has 4 heteroatoms. The van der Waals surface area contributed by atoms with Crippen LogP contribution in [0.15, 0.2) is 42.6 Å². The summed E-state index contributed by atoms with van der Waals surface area (Å²) in [6, 6.07) is 12.3. The quantitative estimate of drug-likeness (QED) is 0.821. The second-order valence-electron chi connectivity index (χ2n) is 4.80. The molecule has 19 heavy (non-hydrogen) atoms. The molecule has 98 valence electrons. The van der Waals surface area contributed by atoms with E-state index in [0.717, 1.165) is 43.5 Å². The van der Waals surface area contributed by atoms with E-state index < -0.39 is 0 Å². The van der Waals surface area contributed by atoms with Crippen LogP contribution < -0.4 is 9.80 Å². The molecule has 0 N–H and O–H groups in total. The maximum Gasteiger partial charge on any atom is 0.128 e. The van der Waals surface area contributed by atoms with Gasteiger partial charge in [-0.1, -0.05) is 12.1 Å². The minimum absolute atomic E-state index is 0.993. The Bertz CT molecular complexity index is 533. The van der Waals surface area contributed by atoms with E-state index in [1.807, 2.05) is 31.3 Å². The molecular weight excluding hydrogens is 236 g/mol. The van der Waals surface area contributed by atoms with Gasteiger partial charge in [0.05, 0.1) is 0 Å². The van der Waals surface area contributed by atoms with Gasteiger partial charge >= 0.3 is 0 Å². The third kappa shape index (κ3) is 2.67. The summed E-state index contributed by atoms with van der Waals surface area (Å²) in [4.78, 5) is 13.7. The Labute approximate surface area is 113 Å². The third-order valence-electron chi connectivity index (χ3n) is 3.45. The summed E-state index contributed by atoms with van der Waals surface area (Å²) in [5, 5.41) is 0. The second-order valence-corrected chi connectivity index (χ2v) is 4.80. The van der Waals surface area contributed by atoms with Crippen LogP contribution in [0.25, 0.3) is 0 Å². The van der Waals surface area contributed by atoms with E-state index in [1.165, 1.54) is 0 Å². The number of rotatable bonds is 2. The lowest BCUT2D eigenvalue weighted by atomic mass is 10.3. The number of piperazine rings is 1. The van der Waals surface area contributed by atoms with Crippen LogP contribution >= 0.6 is 0 Å². The highest BCUT2D eigenvalue weighted by Crippen LogP contribution is 2.17. The van der Waals surface area contributed by atoms with Crippen molar-refractivity contribution in [3.8, 4) is 0 Å². The molecule has 4 nitrogen and oxygen atoms in total. The fraction of sp³-hybridized carbons (Fsp3) is 0.333. The van der Waals surface area contributed by atoms with E-state index in [4.69, 9.17) is 0 Å². The molecule has 3 heterocycles. The van der Waals surface area contributed by atoms with Gasteiger partial charge in [0.2, 0.25) is 0 Å². The zero-order valence-corrected chi connectivity index (χ0v) is 11.2. The van der Waals surface area contributed by atoms with Gasteiger partial charge in [-0.2, -0.15) is 0 Å². The first-order chi connectivity index (χ1) is 9.33. The van der Waals surface area contributed by atoms with Crippen LogP contribution in [0, 0.1) is 6.92 Å². The Hall–Kier alpha value is -2.10. The number of hydrogen-bond acceptors (Lipinski definition) is 4. The molecular formula is C15H18N4. The van der Waals surface area contributed by atoms with Crippen molar-refractivity contribution in [3.63, 3.8) is 0 Å². The Morgan fingerprint density at radius 3 is 2.16 bits per heavy atom. The van der Waals surface area contributed by atoms with Crippen LogP contribution in [-0.4, -0.2) is 36.1 Å². The second kappa shape index (κ2) is 5.26. The van der Waals surface area contributed by atoms with Crippen molar-refractivity contribution in [1.29, 1.82) is 0 Å². The zero-order chi connectivity index (χ0) is 13.1. The van der Waals surface area contributed by atoms with Gasteiger partial charge in [0, 0.05) is 38.1 Å². The summed E-state index contributed by atoms with van der Waals surface area (Å²) < 4.78 is 0. The molecule has 2 aromatic rings. The smallest absolute Gasteiger partial charge is 0.128 e. The Balaban J connectivity index is 1.67. The van der Waals surface area contributed by atoms with E-state index in [-0.39, 0.29) is 0 Å². The van der Waals surface area contributed by atoms with Crippen LogP contribution in [0.1, 0.15) is 5.69 Å². The van der Waals surface area contributed by atoms with E-state index in [1.54, 1.807) is 0 Å². The van der Waals surface area contributed by atoms with Gasteiger partial charge in [0.1, 0.15) is 11.6 Å². The predicted molar refractivity (Wildman–Crippen MR) is 77.6 cm³/mol. The van der Waals surface area contributed by atoms with Crippen LogP contribution in [0.5, 0.6) is 0 Å². The third-order valence-corrected chi connectivity index (χ3v) is 3.45. The molecule has 2 aromatic heterocycles. The number of aryl methyl sites for hydroxylation is 1. The molecule has 0 radical (unpaired) electrons. The number of hydrogen-bond donors (Lipinski definition) is 0. The highest BCUT2D eigenvalue weighted by Gasteiger charge is 2.18. The van der Waals surface area contributed by atoms with E-state index in [2.05, 4.69) is 38.0 Å². The van der Waals surface area contributed by atoms with Crippen LogP contribution in [-0.2, 0) is 0 Å². The van der Waals surface area contributed by atoms with E-state index in [9.17, 15) is 0 Å². The molecule has 1 aliphatic rings. The average Bonchev–Trinajstić information content (AvgIpc) is 2.48. The van der Waals surface area contributed by atoms with Gasteiger partial charge in [-0.15, -0.1) is 0 Å². The predicted octanol–water partition coefficient (Wildman–Crippen LogP) is 2.11. The molecule has 0 amide bonds. The SMILES string of the molecule is Cc1cccc(N2CCN(c3ccccn3)CC2)n1. The van der Waals surface area contributed by atoms with Crippen molar-refractivity contribution < 1.29 is 0 Å². The summed E-state index contributed by atoms with van der Waals surface area (Å²) >= 11 is 0. The van der Waals surface area contributed by atoms with Crippen molar-refractivity contribution in [3.05, 3.63) is 48.3 Å². The van der Waals surface area contributed by atoms with E-state index in [0.29, 0.717) is 0 Å². The Morgan fingerprint density at radius 1 is 0.842 bits per heavy atom. The topological polar surface area (TPSA) is 32.3 Å². The van der Waals surface area contributed by atoms with Gasteiger partial charge in [0.15, 0.2) is 0 Å². The highest BCUT2D eigenvalue weighted by molar-refractivity contribution is 5.44. The molecule has 0 atom stereocenters. The van der Waals surface area contributed by atoms with Gasteiger partial charge in [-0.05, 0) is 31.2 Å². The summed E-state index contributed by atoms with van der Waals surface area (Å²) in [6.07, 6.45) is 1.85. The normalized spacial score (nSPS) is 15.6. The summed E-state index contributed by atoms with van der Waals surface area (Å²) in [7, 11) is 0. The van der Waals surface area contributed by atoms with Crippen LogP contribution in [0.3, 0.4) is 0 Å². The molecule has 0 saturated carbocycles. The maximum absolute atomic E-state index is 4.59. The minimum atomic E-state index is 0.993. The number of aromatic nitrogens is 2. The molecule has 0 aliphatic carbocycles. The summed E-state index contributed by atoms with van der Waals surface area (Å²) in [6.45, 7) is 6.01. The first kappa shape index (κ1) is 12.0. The van der Waals surface area contributed by atoms with Crippen molar-refractivity contribution in [1.82, 2.24) is 9.97 Å². The molecule has 1 fully saturated rings. The van der Waals surface area contributed by atoms with Gasteiger partial charge in [-0.25, -0.2) is 9.97 Å². The minimum Gasteiger partial charge on any atom is -0.353 e. The Kier molecular flexibility index (Phi) is 3.31. The molecule has 1 saturated heterocycles. The van der Waals surface area contributed by atoms with Gasteiger partial charge < -0.3 is 9.80 Å². The lowest BCUT2D eigenvalue weighted by molar-refractivity contribution is 0.641. The lowest BCUT2D eigenvalue weighted by Gasteiger charge is -2.36. The standard InChI is InChI=1S/C15H18N4/c1-13-5-4-7-15(17-13)19-11-9-18(10-12-19)14-6-2-3-8-16-14/h2-8H,9-12H2,1H3. The van der Waals surface area contributed by atoms with Crippen molar-refractivity contribution in [2.75, 3.05) is 36.0 Å². The Morgan fingerprint density at radius 2 is 1.53 bits per heavy atom. The first-order valence-electron chi connectivity index (χ1n) is 6.67. The molecule has 0 unspecified atom stereocenters. The fourth-order valence-corrected chi connectivity index (χ4v) is 2.41. The monoisotopic (exact) mass is 254 g/mol. The highest BCUT2D eigenvalue weighted by atomic mass is 15.3. The van der Waals surface area contributed by atoms with Crippen molar-refractivity contribution in [2.45, 2.75) is 6.92 Å². The average molecular weight is 254 g/mol. The van der Waals surface area contributed by atoms with Crippen molar-refractivity contribution in [2.24, 2.45) is 0 Å². The largest absolute Gasteiger partial charge is 0.353 e. The van der Waals surface area contributed by atoms with Crippen LogP contribution in [0.4, 0.5) is 11.6 Å². The number of nitrogens with zero attached hydrogens (tertiary/aromatic N) is 4. The number of pyridine rings is 2. The molecule has 0 spiro atoms. The number of anilines is 2. The molecule has 1 aliphatic heterocycles. The summed E-state index contributed by atoms with van der Waals surface area (Å²) in [5.74, 6) is 2.15. The summed E-state index contributed by atoms with van der Waals surface area (Å²) in [5.41, 5.74) is 1.07. The van der Waals surface area contributed by atoms with Crippen LogP contribution in [0.2, 0.25) is 0 Å².